The standard InChI is InChI=1S/C22H27FN2O3S/c1-15-12-16(2)14-25(13-15)29(27,28)21-10-6-19(7-11-21)22(26)24-17(3)18-4-8-20(23)9-5-18/h4-11,15-17H,12-14H2,1-3H3,(H,24,26). The molecule has 0 bridgehead atoms. The molecule has 1 heterocycles. The van der Waals surface area contributed by atoms with Gasteiger partial charge in [0, 0.05) is 18.7 Å². The molecular weight excluding hydrogens is 391 g/mol. The van der Waals surface area contributed by atoms with Crippen molar-refractivity contribution in [1.29, 1.82) is 0 Å². The lowest BCUT2D eigenvalue weighted by Crippen LogP contribution is -2.42. The van der Waals surface area contributed by atoms with E-state index in [4.69, 9.17) is 0 Å². The molecule has 3 unspecified atom stereocenters. The SMILES string of the molecule is CC1CC(C)CN(S(=O)(=O)c2ccc(C(=O)NC(C)c3ccc(F)cc3)cc2)C1. The number of nitrogens with zero attached hydrogens (tertiary/aromatic N) is 1. The molecule has 1 amide bonds. The molecule has 3 rings (SSSR count). The smallest absolute Gasteiger partial charge is 0.251 e. The molecule has 3 atom stereocenters. The summed E-state index contributed by atoms with van der Waals surface area (Å²) in [4.78, 5) is 12.7. The van der Waals surface area contributed by atoms with Crippen LogP contribution >= 0.6 is 0 Å². The number of amides is 1. The van der Waals surface area contributed by atoms with Crippen LogP contribution in [0.3, 0.4) is 0 Å². The highest BCUT2D eigenvalue weighted by molar-refractivity contribution is 7.89. The number of benzene rings is 2. The monoisotopic (exact) mass is 418 g/mol. The Balaban J connectivity index is 1.70. The third kappa shape index (κ3) is 5.03. The van der Waals surface area contributed by atoms with Crippen LogP contribution < -0.4 is 5.32 Å². The van der Waals surface area contributed by atoms with E-state index in [1.54, 1.807) is 12.1 Å². The van der Waals surface area contributed by atoms with Gasteiger partial charge in [-0.3, -0.25) is 4.79 Å². The second-order valence-corrected chi connectivity index (χ2v) is 9.98. The van der Waals surface area contributed by atoms with Gasteiger partial charge in [0.1, 0.15) is 5.82 Å². The Morgan fingerprint density at radius 3 is 2.14 bits per heavy atom. The first kappa shape index (κ1) is 21.5. The molecule has 1 fully saturated rings. The van der Waals surface area contributed by atoms with Gasteiger partial charge in [0.2, 0.25) is 10.0 Å². The van der Waals surface area contributed by atoms with Gasteiger partial charge in [0.05, 0.1) is 10.9 Å². The van der Waals surface area contributed by atoms with Crippen molar-refractivity contribution in [2.45, 2.75) is 38.1 Å². The topological polar surface area (TPSA) is 66.5 Å². The van der Waals surface area contributed by atoms with Gasteiger partial charge in [0.15, 0.2) is 0 Å². The molecule has 0 aromatic heterocycles. The van der Waals surface area contributed by atoms with E-state index in [2.05, 4.69) is 19.2 Å². The zero-order chi connectivity index (χ0) is 21.2. The number of sulfonamides is 1. The highest BCUT2D eigenvalue weighted by Gasteiger charge is 2.31. The van der Waals surface area contributed by atoms with Gasteiger partial charge in [-0.2, -0.15) is 4.31 Å². The third-order valence-electron chi connectivity index (χ3n) is 5.31. The van der Waals surface area contributed by atoms with E-state index in [1.807, 2.05) is 6.92 Å². The maximum Gasteiger partial charge on any atom is 0.251 e. The summed E-state index contributed by atoms with van der Waals surface area (Å²) in [5.41, 5.74) is 1.16. The van der Waals surface area contributed by atoms with Gasteiger partial charge in [-0.25, -0.2) is 12.8 Å². The first-order valence-corrected chi connectivity index (χ1v) is 11.3. The highest BCUT2D eigenvalue weighted by atomic mass is 32.2. The molecule has 0 radical (unpaired) electrons. The number of carbonyl (C=O) groups excluding carboxylic acids is 1. The Hall–Kier alpha value is -2.25. The molecule has 1 aliphatic heterocycles. The van der Waals surface area contributed by atoms with E-state index in [9.17, 15) is 17.6 Å². The Bertz CT molecular complexity index is 949. The number of rotatable bonds is 5. The summed E-state index contributed by atoms with van der Waals surface area (Å²) >= 11 is 0. The largest absolute Gasteiger partial charge is 0.346 e. The predicted molar refractivity (Wildman–Crippen MR) is 110 cm³/mol. The van der Waals surface area contributed by atoms with E-state index >= 15 is 0 Å². The van der Waals surface area contributed by atoms with Crippen LogP contribution in [-0.4, -0.2) is 31.7 Å². The fourth-order valence-electron chi connectivity index (χ4n) is 3.84. The van der Waals surface area contributed by atoms with E-state index < -0.39 is 10.0 Å². The number of halogens is 1. The van der Waals surface area contributed by atoms with Crippen LogP contribution in [0.4, 0.5) is 4.39 Å². The van der Waals surface area contributed by atoms with Crippen LogP contribution in [0.15, 0.2) is 53.4 Å². The van der Waals surface area contributed by atoms with Crippen molar-refractivity contribution in [3.8, 4) is 0 Å². The van der Waals surface area contributed by atoms with E-state index in [0.717, 1.165) is 12.0 Å². The Morgan fingerprint density at radius 2 is 1.59 bits per heavy atom. The zero-order valence-corrected chi connectivity index (χ0v) is 17.7. The molecular formula is C22H27FN2O3S. The Labute approximate surface area is 172 Å². The molecule has 0 saturated carbocycles. The van der Waals surface area contributed by atoms with Gasteiger partial charge in [0.25, 0.3) is 5.91 Å². The molecule has 2 aromatic carbocycles. The summed E-state index contributed by atoms with van der Waals surface area (Å²) < 4.78 is 40.5. The lowest BCUT2D eigenvalue weighted by molar-refractivity contribution is 0.0940. The average molecular weight is 419 g/mol. The predicted octanol–water partition coefficient (Wildman–Crippen LogP) is 3.98. The highest BCUT2D eigenvalue weighted by Crippen LogP contribution is 2.26. The molecule has 2 aromatic rings. The van der Waals surface area contributed by atoms with Crippen LogP contribution in [0.25, 0.3) is 0 Å². The summed E-state index contributed by atoms with van der Waals surface area (Å²) in [7, 11) is -3.57. The summed E-state index contributed by atoms with van der Waals surface area (Å²) in [6.07, 6.45) is 1.03. The maximum absolute atomic E-state index is 13.0. The van der Waals surface area contributed by atoms with Crippen LogP contribution in [0.1, 0.15) is 49.2 Å². The Morgan fingerprint density at radius 1 is 1.03 bits per heavy atom. The minimum absolute atomic E-state index is 0.196. The van der Waals surface area contributed by atoms with Crippen molar-refractivity contribution in [2.24, 2.45) is 11.8 Å². The molecule has 1 saturated heterocycles. The summed E-state index contributed by atoms with van der Waals surface area (Å²) in [5, 5.41) is 2.84. The first-order valence-electron chi connectivity index (χ1n) is 9.83. The molecule has 1 N–H and O–H groups in total. The number of carbonyl (C=O) groups is 1. The summed E-state index contributed by atoms with van der Waals surface area (Å²) in [6, 6.07) is 11.6. The lowest BCUT2D eigenvalue weighted by atomic mass is 9.94. The van der Waals surface area contributed by atoms with Gasteiger partial charge >= 0.3 is 0 Å². The first-order chi connectivity index (χ1) is 13.7. The van der Waals surface area contributed by atoms with Crippen LogP contribution in [0, 0.1) is 17.7 Å². The summed E-state index contributed by atoms with van der Waals surface area (Å²) in [5.74, 6) is 0.00519. The zero-order valence-electron chi connectivity index (χ0n) is 16.9. The molecule has 0 aliphatic carbocycles. The number of nitrogens with one attached hydrogen (secondary N) is 1. The van der Waals surface area contributed by atoms with Crippen LogP contribution in [0.5, 0.6) is 0 Å². The van der Waals surface area contributed by atoms with Crippen LogP contribution in [0.2, 0.25) is 0 Å². The van der Waals surface area contributed by atoms with E-state index in [1.165, 1.54) is 40.7 Å². The maximum atomic E-state index is 13.0. The van der Waals surface area contributed by atoms with Gasteiger partial charge in [-0.15, -0.1) is 0 Å². The lowest BCUT2D eigenvalue weighted by Gasteiger charge is -2.34. The van der Waals surface area contributed by atoms with E-state index in [0.29, 0.717) is 30.5 Å². The van der Waals surface area contributed by atoms with Crippen LogP contribution in [-0.2, 0) is 10.0 Å². The Kier molecular flexibility index (Phi) is 6.39. The minimum Gasteiger partial charge on any atom is -0.346 e. The molecule has 156 valence electrons. The quantitative estimate of drug-likeness (QED) is 0.799. The van der Waals surface area contributed by atoms with E-state index in [-0.39, 0.29) is 22.7 Å². The number of hydrogen-bond acceptors (Lipinski definition) is 3. The molecule has 7 heteroatoms. The fourth-order valence-corrected chi connectivity index (χ4v) is 5.52. The van der Waals surface area contributed by atoms with Gasteiger partial charge < -0.3 is 5.32 Å². The molecule has 29 heavy (non-hydrogen) atoms. The van der Waals surface area contributed by atoms with Crippen molar-refractivity contribution in [3.05, 3.63) is 65.5 Å². The minimum atomic E-state index is -3.57. The fraction of sp³-hybridized carbons (Fsp3) is 0.409. The number of hydrogen-bond donors (Lipinski definition) is 1. The van der Waals surface area contributed by atoms with Gasteiger partial charge in [-0.05, 0) is 67.1 Å². The molecule has 0 spiro atoms. The third-order valence-corrected chi connectivity index (χ3v) is 7.15. The van der Waals surface area contributed by atoms with Gasteiger partial charge in [-0.1, -0.05) is 26.0 Å². The van der Waals surface area contributed by atoms with Crippen molar-refractivity contribution in [1.82, 2.24) is 9.62 Å². The summed E-state index contributed by atoms with van der Waals surface area (Å²) in [6.45, 7) is 6.97. The number of piperidine rings is 1. The van der Waals surface area contributed by atoms with Crippen molar-refractivity contribution >= 4 is 15.9 Å². The van der Waals surface area contributed by atoms with Crippen molar-refractivity contribution in [2.75, 3.05) is 13.1 Å². The average Bonchev–Trinajstić information content (AvgIpc) is 2.67. The van der Waals surface area contributed by atoms with Crippen molar-refractivity contribution < 1.29 is 17.6 Å². The molecule has 1 aliphatic rings. The normalized spacial score (nSPS) is 21.5. The molecule has 5 nitrogen and oxygen atoms in total. The second kappa shape index (κ2) is 8.63. The van der Waals surface area contributed by atoms with Crippen molar-refractivity contribution in [3.63, 3.8) is 0 Å². The second-order valence-electron chi connectivity index (χ2n) is 8.04.